The number of rotatable bonds is 3. The largest absolute Gasteiger partial charge is 0.459 e. The molecule has 1 fully saturated rings. The van der Waals surface area contributed by atoms with E-state index in [2.05, 4.69) is 0 Å². The molecule has 0 amide bonds. The molecule has 4 nitrogen and oxygen atoms in total. The summed E-state index contributed by atoms with van der Waals surface area (Å²) < 4.78 is 9.97. The second kappa shape index (κ2) is 4.58. The number of aliphatic hydroxyl groups excluding tert-OH is 1. The predicted molar refractivity (Wildman–Crippen MR) is 45.9 cm³/mol. The Bertz CT molecular complexity index is 180. The summed E-state index contributed by atoms with van der Waals surface area (Å²) >= 11 is 0. The summed E-state index contributed by atoms with van der Waals surface area (Å²) in [5.74, 6) is -0.275. The second-order valence-electron chi connectivity index (χ2n) is 3.39. The fourth-order valence-electron chi connectivity index (χ4n) is 1.11. The number of carbonyl (C=O) groups is 1. The second-order valence-corrected chi connectivity index (χ2v) is 3.39. The van der Waals surface area contributed by atoms with E-state index in [1.54, 1.807) is 0 Å². The van der Waals surface area contributed by atoms with Gasteiger partial charge in [0.1, 0.15) is 6.10 Å². The van der Waals surface area contributed by atoms with Gasteiger partial charge >= 0.3 is 5.97 Å². The molecule has 1 heterocycles. The molecule has 0 aromatic carbocycles. The highest BCUT2D eigenvalue weighted by molar-refractivity contribution is 5.72. The third-order valence-electron chi connectivity index (χ3n) is 2.24. The highest BCUT2D eigenvalue weighted by Crippen LogP contribution is 2.16. The van der Waals surface area contributed by atoms with Gasteiger partial charge in [-0.25, -0.2) is 0 Å². The summed E-state index contributed by atoms with van der Waals surface area (Å²) in [6.07, 6.45) is 0.128. The van der Waals surface area contributed by atoms with E-state index in [1.165, 1.54) is 0 Å². The van der Waals surface area contributed by atoms with E-state index in [0.29, 0.717) is 13.0 Å². The van der Waals surface area contributed by atoms with Gasteiger partial charge in [0.2, 0.25) is 0 Å². The molecule has 1 saturated heterocycles. The van der Waals surface area contributed by atoms with Crippen LogP contribution < -0.4 is 0 Å². The molecule has 0 bridgehead atoms. The third kappa shape index (κ3) is 2.97. The molecule has 1 N–H and O–H groups in total. The first-order chi connectivity index (χ1) is 6.13. The van der Waals surface area contributed by atoms with Gasteiger partial charge in [0, 0.05) is 6.42 Å². The Hall–Kier alpha value is -0.610. The van der Waals surface area contributed by atoms with Crippen LogP contribution in [0.3, 0.4) is 0 Å². The third-order valence-corrected chi connectivity index (χ3v) is 2.24. The first-order valence-corrected chi connectivity index (χ1v) is 4.63. The molecule has 0 aromatic rings. The molecule has 0 radical (unpaired) electrons. The van der Waals surface area contributed by atoms with Gasteiger partial charge in [-0.15, -0.1) is 0 Å². The van der Waals surface area contributed by atoms with Crippen molar-refractivity contribution in [3.8, 4) is 0 Å². The average Bonchev–Trinajstić information content (AvgIpc) is 2.49. The Morgan fingerprint density at radius 2 is 2.46 bits per heavy atom. The maximum atomic E-state index is 11.3. The Labute approximate surface area is 77.8 Å². The zero-order valence-electron chi connectivity index (χ0n) is 8.03. The van der Waals surface area contributed by atoms with Gasteiger partial charge in [-0.2, -0.15) is 0 Å². The molecule has 4 heteroatoms. The van der Waals surface area contributed by atoms with Crippen LogP contribution in [0.25, 0.3) is 0 Å². The van der Waals surface area contributed by atoms with Crippen LogP contribution in [0.2, 0.25) is 0 Å². The van der Waals surface area contributed by atoms with Crippen molar-refractivity contribution >= 4 is 5.97 Å². The van der Waals surface area contributed by atoms with Gasteiger partial charge in [0.15, 0.2) is 6.29 Å². The van der Waals surface area contributed by atoms with Gasteiger partial charge in [0.05, 0.1) is 12.5 Å². The molecule has 1 aliphatic heterocycles. The molecule has 1 aliphatic rings. The predicted octanol–water partition coefficient (Wildman–Crippen LogP) is 0.683. The number of esters is 1. The number of hydrogen-bond acceptors (Lipinski definition) is 4. The van der Waals surface area contributed by atoms with Crippen molar-refractivity contribution in [2.75, 3.05) is 6.61 Å². The smallest absolute Gasteiger partial charge is 0.308 e. The maximum absolute atomic E-state index is 11.3. The van der Waals surface area contributed by atoms with Crippen LogP contribution in [-0.4, -0.2) is 30.1 Å². The minimum Gasteiger partial charge on any atom is -0.459 e. The molecule has 13 heavy (non-hydrogen) atoms. The summed E-state index contributed by atoms with van der Waals surface area (Å²) in [7, 11) is 0. The van der Waals surface area contributed by atoms with Crippen LogP contribution in [0.5, 0.6) is 0 Å². The molecular weight excluding hydrogens is 172 g/mol. The molecule has 0 saturated carbocycles. The number of aliphatic hydroxyl groups is 1. The van der Waals surface area contributed by atoms with Gasteiger partial charge in [0.25, 0.3) is 0 Å². The zero-order chi connectivity index (χ0) is 9.84. The van der Waals surface area contributed by atoms with Crippen LogP contribution in [0.4, 0.5) is 0 Å². The highest BCUT2D eigenvalue weighted by Gasteiger charge is 2.27. The molecule has 0 aliphatic carbocycles. The minimum atomic E-state index is -0.769. The normalized spacial score (nSPS) is 30.1. The molecule has 0 spiro atoms. The van der Waals surface area contributed by atoms with Crippen molar-refractivity contribution in [1.29, 1.82) is 0 Å². The van der Waals surface area contributed by atoms with E-state index in [9.17, 15) is 4.79 Å². The quantitative estimate of drug-likeness (QED) is 0.662. The fourth-order valence-corrected chi connectivity index (χ4v) is 1.11. The van der Waals surface area contributed by atoms with Crippen molar-refractivity contribution < 1.29 is 19.4 Å². The summed E-state index contributed by atoms with van der Waals surface area (Å²) in [6, 6.07) is 0. The van der Waals surface area contributed by atoms with Crippen LogP contribution in [-0.2, 0) is 14.3 Å². The average molecular weight is 188 g/mol. The van der Waals surface area contributed by atoms with E-state index in [0.717, 1.165) is 6.42 Å². The Morgan fingerprint density at radius 1 is 1.77 bits per heavy atom. The van der Waals surface area contributed by atoms with Crippen LogP contribution in [0.1, 0.15) is 26.7 Å². The fraction of sp³-hybridized carbons (Fsp3) is 0.889. The maximum Gasteiger partial charge on any atom is 0.308 e. The van der Waals surface area contributed by atoms with Crippen LogP contribution in [0.15, 0.2) is 0 Å². The number of ether oxygens (including phenoxy) is 2. The molecule has 3 atom stereocenters. The topological polar surface area (TPSA) is 55.8 Å². The van der Waals surface area contributed by atoms with Gasteiger partial charge in [-0.1, -0.05) is 13.8 Å². The van der Waals surface area contributed by atoms with E-state index in [4.69, 9.17) is 14.6 Å². The molecular formula is C9H16O4. The van der Waals surface area contributed by atoms with Crippen LogP contribution >= 0.6 is 0 Å². The van der Waals surface area contributed by atoms with Crippen LogP contribution in [0, 0.1) is 5.92 Å². The van der Waals surface area contributed by atoms with Crippen molar-refractivity contribution in [2.24, 2.45) is 5.92 Å². The molecule has 76 valence electrons. The first kappa shape index (κ1) is 10.5. The zero-order valence-corrected chi connectivity index (χ0v) is 8.03. The Kier molecular flexibility index (Phi) is 3.69. The van der Waals surface area contributed by atoms with Crippen molar-refractivity contribution in [2.45, 2.75) is 39.1 Å². The lowest BCUT2D eigenvalue weighted by molar-refractivity contribution is -0.153. The van der Waals surface area contributed by atoms with E-state index < -0.39 is 6.29 Å². The number of carbonyl (C=O) groups excluding carboxylic acids is 1. The summed E-state index contributed by atoms with van der Waals surface area (Å²) in [5, 5.41) is 8.99. The Morgan fingerprint density at radius 3 is 2.92 bits per heavy atom. The summed E-state index contributed by atoms with van der Waals surface area (Å²) in [5.41, 5.74) is 0. The van der Waals surface area contributed by atoms with E-state index in [-0.39, 0.29) is 18.0 Å². The van der Waals surface area contributed by atoms with E-state index >= 15 is 0 Å². The summed E-state index contributed by atoms with van der Waals surface area (Å²) in [6.45, 7) is 4.07. The van der Waals surface area contributed by atoms with Crippen molar-refractivity contribution in [3.63, 3.8) is 0 Å². The molecule has 3 unspecified atom stereocenters. The standard InChI is InChI=1S/C9H16O4/c1-3-6(2)9(11)13-7-4-8(10)12-5-7/h6-8,10H,3-5H2,1-2H3. The lowest BCUT2D eigenvalue weighted by Crippen LogP contribution is -2.22. The Balaban J connectivity index is 2.28. The van der Waals surface area contributed by atoms with Gasteiger partial charge < -0.3 is 14.6 Å². The molecule has 1 rings (SSSR count). The van der Waals surface area contributed by atoms with Gasteiger partial charge in [-0.3, -0.25) is 4.79 Å². The number of hydrogen-bond donors (Lipinski definition) is 1. The minimum absolute atomic E-state index is 0.0715. The monoisotopic (exact) mass is 188 g/mol. The summed E-state index contributed by atoms with van der Waals surface area (Å²) in [4.78, 5) is 11.3. The highest BCUT2D eigenvalue weighted by atomic mass is 16.6. The van der Waals surface area contributed by atoms with Crippen molar-refractivity contribution in [3.05, 3.63) is 0 Å². The first-order valence-electron chi connectivity index (χ1n) is 4.63. The lowest BCUT2D eigenvalue weighted by atomic mass is 10.1. The molecule has 0 aromatic heterocycles. The van der Waals surface area contributed by atoms with Crippen molar-refractivity contribution in [1.82, 2.24) is 0 Å². The van der Waals surface area contributed by atoms with E-state index in [1.807, 2.05) is 13.8 Å². The lowest BCUT2D eigenvalue weighted by Gasteiger charge is -2.13. The SMILES string of the molecule is CCC(C)C(=O)OC1COC(O)C1. The van der Waals surface area contributed by atoms with Gasteiger partial charge in [-0.05, 0) is 6.42 Å².